The molecular formula is C12H17Br2NO2. The second kappa shape index (κ2) is 6.18. The van der Waals surface area contributed by atoms with Crippen molar-refractivity contribution in [3.63, 3.8) is 0 Å². The molecule has 0 bridgehead atoms. The van der Waals surface area contributed by atoms with Gasteiger partial charge < -0.3 is 15.5 Å². The third-order valence-corrected chi connectivity index (χ3v) is 3.65. The molecular weight excluding hydrogens is 350 g/mol. The molecule has 0 saturated carbocycles. The average Bonchev–Trinajstić information content (AvgIpc) is 2.25. The van der Waals surface area contributed by atoms with Crippen LogP contribution in [0.3, 0.4) is 0 Å². The summed E-state index contributed by atoms with van der Waals surface area (Å²) in [6.45, 7) is 5.59. The Morgan fingerprint density at radius 3 is 2.24 bits per heavy atom. The summed E-state index contributed by atoms with van der Waals surface area (Å²) in [5.41, 5.74) is 0.945. The van der Waals surface area contributed by atoms with E-state index in [1.807, 2.05) is 26.0 Å². The van der Waals surface area contributed by atoms with Gasteiger partial charge in [-0.25, -0.2) is 0 Å². The molecule has 0 aliphatic heterocycles. The summed E-state index contributed by atoms with van der Waals surface area (Å²) in [5, 5.41) is 22.0. The second-order valence-corrected chi connectivity index (χ2v) is 6.54. The summed E-state index contributed by atoms with van der Waals surface area (Å²) in [4.78, 5) is 0. The number of aliphatic hydroxyl groups is 1. The van der Waals surface area contributed by atoms with Crippen LogP contribution in [0.25, 0.3) is 0 Å². The lowest BCUT2D eigenvalue weighted by molar-refractivity contribution is 0.156. The van der Waals surface area contributed by atoms with Crippen molar-refractivity contribution in [1.29, 1.82) is 0 Å². The molecule has 0 aliphatic rings. The molecule has 0 aliphatic carbocycles. The van der Waals surface area contributed by atoms with Gasteiger partial charge in [-0.2, -0.15) is 0 Å². The number of hydrogen-bond acceptors (Lipinski definition) is 3. The minimum atomic E-state index is -0.120. The number of benzene rings is 1. The van der Waals surface area contributed by atoms with E-state index in [2.05, 4.69) is 37.2 Å². The van der Waals surface area contributed by atoms with E-state index in [0.717, 1.165) is 12.1 Å². The Bertz CT molecular complexity index is 371. The highest BCUT2D eigenvalue weighted by atomic mass is 79.9. The third kappa shape index (κ3) is 4.58. The number of aliphatic hydroxyl groups excluding tert-OH is 1. The van der Waals surface area contributed by atoms with Crippen LogP contribution in [-0.2, 0) is 6.54 Å². The van der Waals surface area contributed by atoms with Crippen LogP contribution in [0.1, 0.15) is 19.4 Å². The molecule has 0 saturated heterocycles. The van der Waals surface area contributed by atoms with Gasteiger partial charge in [-0.15, -0.1) is 0 Å². The first-order valence-electron chi connectivity index (χ1n) is 5.34. The minimum Gasteiger partial charge on any atom is -0.506 e. The van der Waals surface area contributed by atoms with Crippen LogP contribution in [0.4, 0.5) is 0 Å². The van der Waals surface area contributed by atoms with E-state index < -0.39 is 0 Å². The molecule has 0 atom stereocenters. The molecule has 3 N–H and O–H groups in total. The zero-order chi connectivity index (χ0) is 13.1. The largest absolute Gasteiger partial charge is 0.506 e. The predicted octanol–water partition coefficient (Wildman–Crippen LogP) is 3.03. The van der Waals surface area contributed by atoms with E-state index in [9.17, 15) is 5.11 Å². The molecule has 17 heavy (non-hydrogen) atoms. The number of phenols is 1. The highest BCUT2D eigenvalue weighted by molar-refractivity contribution is 9.11. The van der Waals surface area contributed by atoms with Crippen molar-refractivity contribution in [3.05, 3.63) is 26.6 Å². The Hall–Kier alpha value is -0.100. The molecule has 0 radical (unpaired) electrons. The lowest BCUT2D eigenvalue weighted by Gasteiger charge is -2.22. The fraction of sp³-hybridized carbons (Fsp3) is 0.500. The van der Waals surface area contributed by atoms with Gasteiger partial charge in [0, 0.05) is 25.1 Å². The van der Waals surface area contributed by atoms with Crippen LogP contribution in [0.2, 0.25) is 0 Å². The molecule has 0 spiro atoms. The molecule has 0 amide bonds. The first-order chi connectivity index (χ1) is 7.85. The first-order valence-corrected chi connectivity index (χ1v) is 6.93. The van der Waals surface area contributed by atoms with Crippen LogP contribution in [0.15, 0.2) is 21.1 Å². The van der Waals surface area contributed by atoms with Gasteiger partial charge in [-0.1, -0.05) is 13.8 Å². The van der Waals surface area contributed by atoms with Crippen molar-refractivity contribution in [2.75, 3.05) is 13.2 Å². The minimum absolute atomic E-state index is 0.120. The van der Waals surface area contributed by atoms with E-state index >= 15 is 0 Å². The van der Waals surface area contributed by atoms with E-state index in [4.69, 9.17) is 5.11 Å². The molecule has 5 heteroatoms. The van der Waals surface area contributed by atoms with Crippen molar-refractivity contribution >= 4 is 31.9 Å². The van der Waals surface area contributed by atoms with Gasteiger partial charge in [0.1, 0.15) is 5.75 Å². The molecule has 0 fully saturated rings. The molecule has 0 heterocycles. The van der Waals surface area contributed by atoms with Gasteiger partial charge >= 0.3 is 0 Å². The van der Waals surface area contributed by atoms with Gasteiger partial charge in [-0.3, -0.25) is 0 Å². The molecule has 1 aromatic carbocycles. The lowest BCUT2D eigenvalue weighted by atomic mass is 9.95. The Balaban J connectivity index is 2.59. The van der Waals surface area contributed by atoms with E-state index in [0.29, 0.717) is 15.5 Å². The van der Waals surface area contributed by atoms with Gasteiger partial charge in [0.25, 0.3) is 0 Å². The SMILES string of the molecule is CC(C)(CO)CNCc1cc(Br)c(O)c(Br)c1. The molecule has 0 aromatic heterocycles. The molecule has 0 unspecified atom stereocenters. The van der Waals surface area contributed by atoms with Crippen LogP contribution < -0.4 is 5.32 Å². The summed E-state index contributed by atoms with van der Waals surface area (Å²) in [6.07, 6.45) is 0. The maximum absolute atomic E-state index is 9.58. The van der Waals surface area contributed by atoms with E-state index in [1.165, 1.54) is 0 Å². The molecule has 96 valence electrons. The number of rotatable bonds is 5. The number of phenolic OH excluding ortho intramolecular Hbond substituents is 1. The standard InChI is InChI=1S/C12H17Br2NO2/c1-12(2,7-16)6-15-5-8-3-9(13)11(17)10(14)4-8/h3-4,15-17H,5-7H2,1-2H3. The third-order valence-electron chi connectivity index (χ3n) is 2.44. The lowest BCUT2D eigenvalue weighted by Crippen LogP contribution is -2.31. The number of aromatic hydroxyl groups is 1. The van der Waals surface area contributed by atoms with Gasteiger partial charge in [0.2, 0.25) is 0 Å². The molecule has 3 nitrogen and oxygen atoms in total. The summed E-state index contributed by atoms with van der Waals surface area (Å²) in [7, 11) is 0. The Kier molecular flexibility index (Phi) is 5.44. The first kappa shape index (κ1) is 15.0. The van der Waals surface area contributed by atoms with E-state index in [1.54, 1.807) is 0 Å². The van der Waals surface area contributed by atoms with Gasteiger partial charge in [0.05, 0.1) is 8.95 Å². The van der Waals surface area contributed by atoms with Crippen LogP contribution in [-0.4, -0.2) is 23.4 Å². The van der Waals surface area contributed by atoms with Crippen LogP contribution in [0.5, 0.6) is 5.75 Å². The summed E-state index contributed by atoms with van der Waals surface area (Å²) >= 11 is 6.59. The number of halogens is 2. The fourth-order valence-corrected chi connectivity index (χ4v) is 2.60. The smallest absolute Gasteiger partial charge is 0.143 e. The highest BCUT2D eigenvalue weighted by Gasteiger charge is 2.15. The predicted molar refractivity (Wildman–Crippen MR) is 76.1 cm³/mol. The fourth-order valence-electron chi connectivity index (χ4n) is 1.32. The Morgan fingerprint density at radius 2 is 1.76 bits per heavy atom. The number of hydrogen-bond donors (Lipinski definition) is 3. The topological polar surface area (TPSA) is 52.5 Å². The highest BCUT2D eigenvalue weighted by Crippen LogP contribution is 2.33. The second-order valence-electron chi connectivity index (χ2n) is 4.83. The van der Waals surface area contributed by atoms with Gasteiger partial charge in [0.15, 0.2) is 0 Å². The molecule has 1 aromatic rings. The normalized spacial score (nSPS) is 11.8. The maximum Gasteiger partial charge on any atom is 0.143 e. The molecule has 1 rings (SSSR count). The zero-order valence-electron chi connectivity index (χ0n) is 9.93. The van der Waals surface area contributed by atoms with Gasteiger partial charge in [-0.05, 0) is 49.6 Å². The maximum atomic E-state index is 9.58. The Morgan fingerprint density at radius 1 is 1.24 bits per heavy atom. The van der Waals surface area contributed by atoms with Crippen molar-refractivity contribution in [2.45, 2.75) is 20.4 Å². The van der Waals surface area contributed by atoms with Crippen molar-refractivity contribution in [1.82, 2.24) is 5.32 Å². The number of nitrogens with one attached hydrogen (secondary N) is 1. The quantitative estimate of drug-likeness (QED) is 0.750. The van der Waals surface area contributed by atoms with Crippen LogP contribution >= 0.6 is 31.9 Å². The zero-order valence-corrected chi connectivity index (χ0v) is 13.1. The monoisotopic (exact) mass is 365 g/mol. The summed E-state index contributed by atoms with van der Waals surface area (Å²) in [5.74, 6) is 0.212. The van der Waals surface area contributed by atoms with Crippen molar-refractivity contribution in [3.8, 4) is 5.75 Å². The van der Waals surface area contributed by atoms with E-state index in [-0.39, 0.29) is 17.8 Å². The summed E-state index contributed by atoms with van der Waals surface area (Å²) < 4.78 is 1.34. The summed E-state index contributed by atoms with van der Waals surface area (Å²) in [6, 6.07) is 3.75. The van der Waals surface area contributed by atoms with Crippen LogP contribution in [0, 0.1) is 5.41 Å². The Labute approximate surface area is 118 Å². The van der Waals surface area contributed by atoms with Crippen molar-refractivity contribution in [2.24, 2.45) is 5.41 Å². The van der Waals surface area contributed by atoms with Crippen molar-refractivity contribution < 1.29 is 10.2 Å². The average molecular weight is 367 g/mol.